The summed E-state index contributed by atoms with van der Waals surface area (Å²) < 4.78 is 5.71. The summed E-state index contributed by atoms with van der Waals surface area (Å²) in [6.45, 7) is 1.88. The molecule has 0 radical (unpaired) electrons. The topological polar surface area (TPSA) is 67.4 Å². The lowest BCUT2D eigenvalue weighted by Gasteiger charge is -2.17. The first kappa shape index (κ1) is 16.5. The van der Waals surface area contributed by atoms with Crippen LogP contribution in [0.2, 0.25) is 0 Å². The molecule has 1 atom stereocenters. The molecule has 1 unspecified atom stereocenters. The van der Waals surface area contributed by atoms with E-state index in [-0.39, 0.29) is 11.8 Å². The molecule has 0 heterocycles. The lowest BCUT2D eigenvalue weighted by atomic mass is 10.1. The van der Waals surface area contributed by atoms with Crippen molar-refractivity contribution in [1.82, 2.24) is 5.32 Å². The molecule has 0 aromatic heterocycles. The second-order valence-corrected chi connectivity index (χ2v) is 4.98. The number of carbonyl (C=O) groups excluding carboxylic acids is 2. The van der Waals surface area contributed by atoms with Gasteiger partial charge in [0.05, 0.1) is 0 Å². The molecule has 0 aliphatic carbocycles. The number of hydrogen-bond donors (Lipinski definition) is 2. The standard InChI is InChI=1S/C18H20N2O3/c1-3-16(23-15-10-5-4-6-11-15)18(22)20-14-9-7-8-13(12-14)17(21)19-2/h4-12,16H,3H2,1-2H3,(H,19,21)(H,20,22). The van der Waals surface area contributed by atoms with E-state index in [1.807, 2.05) is 37.3 Å². The Bertz CT molecular complexity index is 671. The van der Waals surface area contributed by atoms with Gasteiger partial charge in [-0.05, 0) is 36.8 Å². The molecule has 0 aliphatic heterocycles. The quantitative estimate of drug-likeness (QED) is 0.862. The minimum atomic E-state index is -0.596. The molecule has 2 aromatic carbocycles. The van der Waals surface area contributed by atoms with Crippen molar-refractivity contribution in [3.63, 3.8) is 0 Å². The van der Waals surface area contributed by atoms with Gasteiger partial charge in [0.25, 0.3) is 11.8 Å². The van der Waals surface area contributed by atoms with Gasteiger partial charge in [-0.25, -0.2) is 0 Å². The normalized spacial score (nSPS) is 11.4. The van der Waals surface area contributed by atoms with E-state index in [0.29, 0.717) is 23.4 Å². The molecular formula is C18H20N2O3. The van der Waals surface area contributed by atoms with Crippen LogP contribution in [0.15, 0.2) is 54.6 Å². The largest absolute Gasteiger partial charge is 0.481 e. The van der Waals surface area contributed by atoms with Crippen LogP contribution >= 0.6 is 0 Å². The molecule has 5 heteroatoms. The molecule has 0 saturated carbocycles. The van der Waals surface area contributed by atoms with Crippen molar-refractivity contribution >= 4 is 17.5 Å². The van der Waals surface area contributed by atoms with Gasteiger partial charge in [0.1, 0.15) is 5.75 Å². The number of carbonyl (C=O) groups is 2. The van der Waals surface area contributed by atoms with Crippen molar-refractivity contribution in [2.45, 2.75) is 19.4 Å². The van der Waals surface area contributed by atoms with Crippen molar-refractivity contribution in [2.24, 2.45) is 0 Å². The lowest BCUT2D eigenvalue weighted by Crippen LogP contribution is -2.32. The lowest BCUT2D eigenvalue weighted by molar-refractivity contribution is -0.122. The Balaban J connectivity index is 2.06. The summed E-state index contributed by atoms with van der Waals surface area (Å²) in [7, 11) is 1.56. The Morgan fingerprint density at radius 2 is 1.83 bits per heavy atom. The van der Waals surface area contributed by atoms with E-state index in [9.17, 15) is 9.59 Å². The van der Waals surface area contributed by atoms with E-state index >= 15 is 0 Å². The zero-order valence-electron chi connectivity index (χ0n) is 13.2. The van der Waals surface area contributed by atoms with Crippen LogP contribution in [0.1, 0.15) is 23.7 Å². The number of para-hydroxylation sites is 1. The van der Waals surface area contributed by atoms with Gasteiger partial charge in [-0.2, -0.15) is 0 Å². The van der Waals surface area contributed by atoms with Gasteiger partial charge >= 0.3 is 0 Å². The second kappa shape index (κ2) is 7.98. The zero-order valence-corrected chi connectivity index (χ0v) is 13.2. The monoisotopic (exact) mass is 312 g/mol. The van der Waals surface area contributed by atoms with Gasteiger partial charge in [-0.15, -0.1) is 0 Å². The Morgan fingerprint density at radius 1 is 1.09 bits per heavy atom. The number of benzene rings is 2. The van der Waals surface area contributed by atoms with E-state index in [4.69, 9.17) is 4.74 Å². The SMILES string of the molecule is CCC(Oc1ccccc1)C(=O)Nc1cccc(C(=O)NC)c1. The van der Waals surface area contributed by atoms with E-state index < -0.39 is 6.10 Å². The van der Waals surface area contributed by atoms with Crippen LogP contribution in [0.25, 0.3) is 0 Å². The van der Waals surface area contributed by atoms with E-state index in [1.54, 1.807) is 31.3 Å². The summed E-state index contributed by atoms with van der Waals surface area (Å²) in [5.74, 6) is 0.202. The van der Waals surface area contributed by atoms with Gasteiger partial charge in [-0.3, -0.25) is 9.59 Å². The van der Waals surface area contributed by atoms with Crippen LogP contribution in [0.5, 0.6) is 5.75 Å². The maximum absolute atomic E-state index is 12.4. The van der Waals surface area contributed by atoms with Crippen molar-refractivity contribution in [3.05, 3.63) is 60.2 Å². The third-order valence-electron chi connectivity index (χ3n) is 3.30. The average molecular weight is 312 g/mol. The van der Waals surface area contributed by atoms with Gasteiger partial charge in [0.15, 0.2) is 6.10 Å². The fourth-order valence-corrected chi connectivity index (χ4v) is 2.09. The molecule has 5 nitrogen and oxygen atoms in total. The average Bonchev–Trinajstić information content (AvgIpc) is 2.60. The number of amides is 2. The van der Waals surface area contributed by atoms with Gasteiger partial charge in [-0.1, -0.05) is 31.2 Å². The highest BCUT2D eigenvalue weighted by atomic mass is 16.5. The third-order valence-corrected chi connectivity index (χ3v) is 3.30. The van der Waals surface area contributed by atoms with Crippen LogP contribution in [0.3, 0.4) is 0 Å². The van der Waals surface area contributed by atoms with E-state index in [0.717, 1.165) is 0 Å². The molecule has 2 amide bonds. The molecule has 2 rings (SSSR count). The van der Waals surface area contributed by atoms with Crippen molar-refractivity contribution < 1.29 is 14.3 Å². The highest BCUT2D eigenvalue weighted by molar-refractivity contribution is 5.98. The number of ether oxygens (including phenoxy) is 1. The van der Waals surface area contributed by atoms with Crippen LogP contribution in [0.4, 0.5) is 5.69 Å². The molecule has 0 fully saturated rings. The molecule has 2 aromatic rings. The first-order chi connectivity index (χ1) is 11.1. The third kappa shape index (κ3) is 4.57. The van der Waals surface area contributed by atoms with Gasteiger partial charge < -0.3 is 15.4 Å². The van der Waals surface area contributed by atoms with Crippen molar-refractivity contribution in [2.75, 3.05) is 12.4 Å². The molecule has 0 aliphatic rings. The minimum Gasteiger partial charge on any atom is -0.481 e. The zero-order chi connectivity index (χ0) is 16.7. The molecule has 23 heavy (non-hydrogen) atoms. The van der Waals surface area contributed by atoms with Gasteiger partial charge in [0.2, 0.25) is 0 Å². The maximum atomic E-state index is 12.4. The summed E-state index contributed by atoms with van der Waals surface area (Å²) >= 11 is 0. The highest BCUT2D eigenvalue weighted by Gasteiger charge is 2.18. The summed E-state index contributed by atoms with van der Waals surface area (Å²) in [6.07, 6.45) is -0.0587. The van der Waals surface area contributed by atoms with Crippen LogP contribution < -0.4 is 15.4 Å². The first-order valence-corrected chi connectivity index (χ1v) is 7.48. The predicted molar refractivity (Wildman–Crippen MR) is 89.6 cm³/mol. The molecule has 0 saturated heterocycles. The Morgan fingerprint density at radius 3 is 2.48 bits per heavy atom. The van der Waals surface area contributed by atoms with Gasteiger partial charge in [0, 0.05) is 18.3 Å². The summed E-state index contributed by atoms with van der Waals surface area (Å²) in [5, 5.41) is 5.34. The smallest absolute Gasteiger partial charge is 0.265 e. The Labute approximate surface area is 135 Å². The first-order valence-electron chi connectivity index (χ1n) is 7.48. The van der Waals surface area contributed by atoms with E-state index in [2.05, 4.69) is 10.6 Å². The number of hydrogen-bond acceptors (Lipinski definition) is 3. The molecular weight excluding hydrogens is 292 g/mol. The number of rotatable bonds is 6. The fraction of sp³-hybridized carbons (Fsp3) is 0.222. The summed E-state index contributed by atoms with van der Waals surface area (Å²) in [4.78, 5) is 24.0. The minimum absolute atomic E-state index is 0.200. The molecule has 0 bridgehead atoms. The highest BCUT2D eigenvalue weighted by Crippen LogP contribution is 2.15. The Kier molecular flexibility index (Phi) is 5.74. The van der Waals surface area contributed by atoms with Crippen LogP contribution in [-0.4, -0.2) is 25.0 Å². The van der Waals surface area contributed by atoms with Crippen molar-refractivity contribution in [3.8, 4) is 5.75 Å². The Hall–Kier alpha value is -2.82. The predicted octanol–water partition coefficient (Wildman–Crippen LogP) is 2.84. The molecule has 2 N–H and O–H groups in total. The molecule has 0 spiro atoms. The summed E-state index contributed by atoms with van der Waals surface area (Å²) in [5.41, 5.74) is 1.05. The second-order valence-electron chi connectivity index (χ2n) is 4.98. The van der Waals surface area contributed by atoms with Crippen LogP contribution in [0, 0.1) is 0 Å². The van der Waals surface area contributed by atoms with Crippen molar-refractivity contribution in [1.29, 1.82) is 0 Å². The maximum Gasteiger partial charge on any atom is 0.265 e. The van der Waals surface area contributed by atoms with Crippen LogP contribution in [-0.2, 0) is 4.79 Å². The summed E-state index contributed by atoms with van der Waals surface area (Å²) in [6, 6.07) is 16.0. The molecule has 120 valence electrons. The number of nitrogens with one attached hydrogen (secondary N) is 2. The van der Waals surface area contributed by atoms with E-state index in [1.165, 1.54) is 0 Å². The number of anilines is 1. The fourth-order valence-electron chi connectivity index (χ4n) is 2.09.